The van der Waals surface area contributed by atoms with Crippen molar-refractivity contribution >= 4 is 5.91 Å². The first kappa shape index (κ1) is 25.1. The molecule has 2 aliphatic rings. The average molecular weight is 482 g/mol. The van der Waals surface area contributed by atoms with Gasteiger partial charge in [0.05, 0.1) is 23.8 Å². The molecule has 0 spiro atoms. The number of hydrogen-bond acceptors (Lipinski definition) is 4. The van der Waals surface area contributed by atoms with Crippen LogP contribution in [0.1, 0.15) is 55.5 Å². The Balaban J connectivity index is 1.38. The summed E-state index contributed by atoms with van der Waals surface area (Å²) in [5.41, 5.74) is 0.411. The summed E-state index contributed by atoms with van der Waals surface area (Å²) in [6.45, 7) is 7.23. The Labute approximate surface area is 206 Å². The van der Waals surface area contributed by atoms with E-state index in [-0.39, 0.29) is 11.5 Å². The predicted octanol–water partition coefficient (Wildman–Crippen LogP) is 5.44. The number of benzene rings is 2. The summed E-state index contributed by atoms with van der Waals surface area (Å²) in [4.78, 5) is 16.4. The number of carbonyl (C=O) groups excluding carboxylic acids is 1. The number of amides is 1. The van der Waals surface area contributed by atoms with Gasteiger partial charge in [-0.25, -0.2) is 8.78 Å². The number of halogens is 2. The fourth-order valence-corrected chi connectivity index (χ4v) is 4.96. The lowest BCUT2D eigenvalue weighted by Gasteiger charge is -2.34. The van der Waals surface area contributed by atoms with E-state index in [1.54, 1.807) is 43.0 Å². The Morgan fingerprint density at radius 2 is 1.83 bits per heavy atom. The van der Waals surface area contributed by atoms with Crippen molar-refractivity contribution in [2.24, 2.45) is 5.92 Å². The van der Waals surface area contributed by atoms with Crippen molar-refractivity contribution in [3.8, 4) is 22.9 Å². The lowest BCUT2D eigenvalue weighted by atomic mass is 9.96. The molecule has 2 aliphatic heterocycles. The van der Waals surface area contributed by atoms with Crippen LogP contribution in [0.4, 0.5) is 8.78 Å². The molecule has 35 heavy (non-hydrogen) atoms. The molecule has 0 aromatic heterocycles. The fraction of sp³-hybridized carbons (Fsp3) is 0.500. The highest BCUT2D eigenvalue weighted by atomic mass is 19.1. The van der Waals surface area contributed by atoms with Crippen LogP contribution >= 0.6 is 0 Å². The molecule has 2 saturated heterocycles. The SMILES string of the molecule is CC(C)(F)CN1CCC(COc2ccc(-c3ccc(C(=O)N4CCCC4)c(F)c3)c(C#N)c2)CC1. The normalized spacial score (nSPS) is 17.4. The number of likely N-dealkylation sites (tertiary alicyclic amines) is 2. The van der Waals surface area contributed by atoms with E-state index in [2.05, 4.69) is 11.0 Å². The zero-order valence-electron chi connectivity index (χ0n) is 20.5. The van der Waals surface area contributed by atoms with Crippen LogP contribution in [0.25, 0.3) is 11.1 Å². The lowest BCUT2D eigenvalue weighted by molar-refractivity contribution is 0.0788. The highest BCUT2D eigenvalue weighted by Crippen LogP contribution is 2.30. The molecule has 0 saturated carbocycles. The maximum Gasteiger partial charge on any atom is 0.256 e. The van der Waals surface area contributed by atoms with Gasteiger partial charge in [0.1, 0.15) is 17.2 Å². The van der Waals surface area contributed by atoms with Gasteiger partial charge in [-0.1, -0.05) is 6.07 Å². The summed E-state index contributed by atoms with van der Waals surface area (Å²) in [5, 5.41) is 9.70. The zero-order valence-corrected chi connectivity index (χ0v) is 20.5. The van der Waals surface area contributed by atoms with E-state index in [0.717, 1.165) is 38.8 Å². The predicted molar refractivity (Wildman–Crippen MR) is 132 cm³/mol. The highest BCUT2D eigenvalue weighted by Gasteiger charge is 2.26. The molecule has 0 aliphatic carbocycles. The highest BCUT2D eigenvalue weighted by molar-refractivity contribution is 5.95. The third-order valence-corrected chi connectivity index (χ3v) is 6.81. The van der Waals surface area contributed by atoms with Gasteiger partial charge in [0.25, 0.3) is 5.91 Å². The molecule has 2 aromatic rings. The molecule has 4 rings (SSSR count). The zero-order chi connectivity index (χ0) is 25.0. The maximum absolute atomic E-state index is 14.8. The van der Waals surface area contributed by atoms with Crippen molar-refractivity contribution < 1.29 is 18.3 Å². The standard InChI is InChI=1S/C28H33F2N3O2/c1-28(2,30)19-32-13-9-20(10-14-32)18-35-23-6-8-24(22(15-23)17-31)21-5-7-25(26(29)16-21)27(34)33-11-3-4-12-33/h5-8,15-16,20H,3-4,9-14,18-19H2,1-2H3. The van der Waals surface area contributed by atoms with Gasteiger partial charge in [-0.05, 0) is 100.0 Å². The van der Waals surface area contributed by atoms with Gasteiger partial charge in [-0.15, -0.1) is 0 Å². The Morgan fingerprint density at radius 3 is 2.46 bits per heavy atom. The first-order valence-electron chi connectivity index (χ1n) is 12.4. The van der Waals surface area contributed by atoms with Crippen molar-refractivity contribution in [2.75, 3.05) is 39.3 Å². The van der Waals surface area contributed by atoms with Crippen molar-refractivity contribution in [3.63, 3.8) is 0 Å². The van der Waals surface area contributed by atoms with Crippen LogP contribution in [0.2, 0.25) is 0 Å². The number of ether oxygens (including phenoxy) is 1. The molecule has 1 amide bonds. The van der Waals surface area contributed by atoms with E-state index in [1.165, 1.54) is 12.1 Å². The number of alkyl halides is 1. The van der Waals surface area contributed by atoms with Crippen LogP contribution in [-0.4, -0.2) is 60.7 Å². The van der Waals surface area contributed by atoms with Crippen LogP contribution in [-0.2, 0) is 0 Å². The molecule has 5 nitrogen and oxygen atoms in total. The summed E-state index contributed by atoms with van der Waals surface area (Å²) < 4.78 is 34.7. The minimum absolute atomic E-state index is 0.0650. The van der Waals surface area contributed by atoms with Crippen molar-refractivity contribution in [2.45, 2.75) is 45.2 Å². The molecule has 0 N–H and O–H groups in total. The van der Waals surface area contributed by atoms with Gasteiger partial charge in [0.15, 0.2) is 0 Å². The van der Waals surface area contributed by atoms with Crippen LogP contribution in [0.5, 0.6) is 5.75 Å². The van der Waals surface area contributed by atoms with Crippen molar-refractivity contribution in [1.29, 1.82) is 5.26 Å². The molecule has 0 radical (unpaired) electrons. The average Bonchev–Trinajstić information content (AvgIpc) is 3.37. The lowest BCUT2D eigenvalue weighted by Crippen LogP contribution is -2.41. The van der Waals surface area contributed by atoms with E-state index >= 15 is 0 Å². The van der Waals surface area contributed by atoms with Crippen LogP contribution in [0.15, 0.2) is 36.4 Å². The third kappa shape index (κ3) is 6.37. The number of nitrogens with zero attached hydrogens (tertiary/aromatic N) is 3. The summed E-state index contributed by atoms with van der Waals surface area (Å²) in [6, 6.07) is 11.9. The number of rotatable bonds is 7. The molecular formula is C28H33F2N3O2. The quantitative estimate of drug-likeness (QED) is 0.529. The van der Waals surface area contributed by atoms with Gasteiger partial charge in [-0.3, -0.25) is 4.79 Å². The van der Waals surface area contributed by atoms with Crippen molar-refractivity contribution in [3.05, 3.63) is 53.3 Å². The number of piperidine rings is 1. The molecule has 0 bridgehead atoms. The monoisotopic (exact) mass is 481 g/mol. The van der Waals surface area contributed by atoms with Crippen LogP contribution in [0.3, 0.4) is 0 Å². The minimum Gasteiger partial charge on any atom is -0.493 e. The smallest absolute Gasteiger partial charge is 0.256 e. The Hall–Kier alpha value is -2.98. The van der Waals surface area contributed by atoms with E-state index < -0.39 is 11.5 Å². The Morgan fingerprint density at radius 1 is 1.11 bits per heavy atom. The maximum atomic E-state index is 14.8. The van der Waals surface area contributed by atoms with Gasteiger partial charge < -0.3 is 14.5 Å². The molecule has 0 unspecified atom stereocenters. The largest absolute Gasteiger partial charge is 0.493 e. The van der Waals surface area contributed by atoms with Gasteiger partial charge in [-0.2, -0.15) is 5.26 Å². The van der Waals surface area contributed by atoms with Gasteiger partial charge in [0.2, 0.25) is 0 Å². The topological polar surface area (TPSA) is 56.6 Å². The molecule has 186 valence electrons. The van der Waals surface area contributed by atoms with Crippen LogP contribution < -0.4 is 4.74 Å². The molecule has 2 fully saturated rings. The third-order valence-electron chi connectivity index (χ3n) is 6.81. The van der Waals surface area contributed by atoms with Crippen LogP contribution in [0, 0.1) is 23.1 Å². The first-order chi connectivity index (χ1) is 16.7. The molecular weight excluding hydrogens is 448 g/mol. The van der Waals surface area contributed by atoms with E-state index in [9.17, 15) is 18.8 Å². The second-order valence-electron chi connectivity index (χ2n) is 10.3. The molecule has 2 aromatic carbocycles. The van der Waals surface area contributed by atoms with E-state index in [1.807, 2.05) is 0 Å². The summed E-state index contributed by atoms with van der Waals surface area (Å²) in [6.07, 6.45) is 3.78. The minimum atomic E-state index is -1.19. The van der Waals surface area contributed by atoms with Crippen molar-refractivity contribution in [1.82, 2.24) is 9.80 Å². The van der Waals surface area contributed by atoms with Gasteiger partial charge in [0, 0.05) is 19.6 Å². The van der Waals surface area contributed by atoms with E-state index in [4.69, 9.17) is 4.74 Å². The molecule has 7 heteroatoms. The first-order valence-corrected chi connectivity index (χ1v) is 12.4. The second kappa shape index (κ2) is 10.7. The summed E-state index contributed by atoms with van der Waals surface area (Å²) >= 11 is 0. The Kier molecular flexibility index (Phi) is 7.71. The van der Waals surface area contributed by atoms with Gasteiger partial charge >= 0.3 is 0 Å². The summed E-state index contributed by atoms with van der Waals surface area (Å²) in [5.74, 6) is 0.119. The number of nitriles is 1. The molecule has 0 atom stereocenters. The molecule has 2 heterocycles. The summed E-state index contributed by atoms with van der Waals surface area (Å²) in [7, 11) is 0. The number of hydrogen-bond donors (Lipinski definition) is 0. The van der Waals surface area contributed by atoms with E-state index in [0.29, 0.717) is 54.6 Å². The second-order valence-corrected chi connectivity index (χ2v) is 10.3. The fourth-order valence-electron chi connectivity index (χ4n) is 4.96. The number of carbonyl (C=O) groups is 1. The Bertz CT molecular complexity index is 1090.